The standard InChI is InChI=1S/C13H9Cl3IN/c14-9-2-4-13(12(17)6-9)18-7-8-1-3-10(15)11(16)5-8/h1-6,18H,7H2. The number of nitrogens with one attached hydrogen (secondary N) is 1. The normalized spacial score (nSPS) is 10.4. The fourth-order valence-corrected chi connectivity index (χ4v) is 2.86. The van der Waals surface area contributed by atoms with Crippen LogP contribution in [0.2, 0.25) is 15.1 Å². The molecule has 0 amide bonds. The molecule has 2 aromatic carbocycles. The molecule has 5 heteroatoms. The first kappa shape index (κ1) is 14.3. The van der Waals surface area contributed by atoms with Crippen molar-refractivity contribution in [1.82, 2.24) is 0 Å². The molecule has 2 aromatic rings. The summed E-state index contributed by atoms with van der Waals surface area (Å²) in [4.78, 5) is 0. The van der Waals surface area contributed by atoms with Gasteiger partial charge in [0.15, 0.2) is 0 Å². The van der Waals surface area contributed by atoms with Gasteiger partial charge in [0.05, 0.1) is 10.0 Å². The van der Waals surface area contributed by atoms with Gasteiger partial charge in [-0.25, -0.2) is 0 Å². The predicted molar refractivity (Wildman–Crippen MR) is 88.0 cm³/mol. The summed E-state index contributed by atoms with van der Waals surface area (Å²) in [6.07, 6.45) is 0. The molecule has 1 N–H and O–H groups in total. The van der Waals surface area contributed by atoms with Crippen LogP contribution in [0.4, 0.5) is 5.69 Å². The fraction of sp³-hybridized carbons (Fsp3) is 0.0769. The van der Waals surface area contributed by atoms with Crippen LogP contribution < -0.4 is 5.32 Å². The molecule has 0 heterocycles. The SMILES string of the molecule is Clc1ccc(NCc2ccc(Cl)c(Cl)c2)c(I)c1. The Kier molecular flexibility index (Phi) is 5.01. The third-order valence-electron chi connectivity index (χ3n) is 2.40. The van der Waals surface area contributed by atoms with E-state index in [9.17, 15) is 0 Å². The van der Waals surface area contributed by atoms with Crippen molar-refractivity contribution in [2.24, 2.45) is 0 Å². The average molecular weight is 412 g/mol. The summed E-state index contributed by atoms with van der Waals surface area (Å²) in [7, 11) is 0. The van der Waals surface area contributed by atoms with Gasteiger partial charge in [0.2, 0.25) is 0 Å². The third-order valence-corrected chi connectivity index (χ3v) is 4.26. The summed E-state index contributed by atoms with van der Waals surface area (Å²) in [5, 5.41) is 5.21. The highest BCUT2D eigenvalue weighted by atomic mass is 127. The van der Waals surface area contributed by atoms with E-state index < -0.39 is 0 Å². The zero-order valence-electron chi connectivity index (χ0n) is 9.18. The molecule has 18 heavy (non-hydrogen) atoms. The van der Waals surface area contributed by atoms with Crippen LogP contribution in [0.15, 0.2) is 36.4 Å². The second kappa shape index (κ2) is 6.33. The molecule has 0 aliphatic rings. The molecule has 0 saturated carbocycles. The summed E-state index contributed by atoms with van der Waals surface area (Å²) >= 11 is 20.0. The highest BCUT2D eigenvalue weighted by Gasteiger charge is 2.02. The number of anilines is 1. The van der Waals surface area contributed by atoms with Crippen LogP contribution in [0.3, 0.4) is 0 Å². The lowest BCUT2D eigenvalue weighted by Crippen LogP contribution is -2.00. The summed E-state index contributed by atoms with van der Waals surface area (Å²) in [5.74, 6) is 0. The molecule has 0 fully saturated rings. The number of hydrogen-bond donors (Lipinski definition) is 1. The highest BCUT2D eigenvalue weighted by molar-refractivity contribution is 14.1. The molecule has 0 aliphatic heterocycles. The number of rotatable bonds is 3. The average Bonchev–Trinajstić information content (AvgIpc) is 2.32. The van der Waals surface area contributed by atoms with Crippen LogP contribution in [0.1, 0.15) is 5.56 Å². The van der Waals surface area contributed by atoms with Crippen molar-refractivity contribution in [1.29, 1.82) is 0 Å². The van der Waals surface area contributed by atoms with Gasteiger partial charge in [-0.3, -0.25) is 0 Å². The zero-order valence-corrected chi connectivity index (χ0v) is 13.6. The quantitative estimate of drug-likeness (QED) is 0.623. The van der Waals surface area contributed by atoms with Gasteiger partial charge in [-0.05, 0) is 58.5 Å². The highest BCUT2D eigenvalue weighted by Crippen LogP contribution is 2.25. The topological polar surface area (TPSA) is 12.0 Å². The Morgan fingerprint density at radius 2 is 1.72 bits per heavy atom. The monoisotopic (exact) mass is 411 g/mol. The van der Waals surface area contributed by atoms with Gasteiger partial charge >= 0.3 is 0 Å². The maximum atomic E-state index is 5.97. The van der Waals surface area contributed by atoms with Crippen LogP contribution >= 0.6 is 57.4 Å². The Labute approximate surface area is 135 Å². The Balaban J connectivity index is 2.09. The maximum Gasteiger partial charge on any atom is 0.0595 e. The van der Waals surface area contributed by atoms with E-state index in [-0.39, 0.29) is 0 Å². The first-order valence-corrected chi connectivity index (χ1v) is 7.40. The van der Waals surface area contributed by atoms with Crippen molar-refractivity contribution < 1.29 is 0 Å². The minimum atomic E-state index is 0.571. The molecular formula is C13H9Cl3IN. The Bertz CT molecular complexity index is 572. The van der Waals surface area contributed by atoms with Gasteiger partial charge < -0.3 is 5.32 Å². The minimum absolute atomic E-state index is 0.571. The summed E-state index contributed by atoms with van der Waals surface area (Å²) in [6, 6.07) is 11.3. The van der Waals surface area contributed by atoms with Crippen molar-refractivity contribution in [3.63, 3.8) is 0 Å². The first-order valence-electron chi connectivity index (χ1n) is 5.19. The molecule has 1 nitrogen and oxygen atoms in total. The number of benzene rings is 2. The van der Waals surface area contributed by atoms with Crippen LogP contribution in [-0.4, -0.2) is 0 Å². The zero-order chi connectivity index (χ0) is 13.1. The smallest absolute Gasteiger partial charge is 0.0595 e. The van der Waals surface area contributed by atoms with Gasteiger partial charge in [-0.1, -0.05) is 40.9 Å². The molecule has 94 valence electrons. The molecule has 0 radical (unpaired) electrons. The minimum Gasteiger partial charge on any atom is -0.380 e. The number of hydrogen-bond acceptors (Lipinski definition) is 1. The maximum absolute atomic E-state index is 5.97. The predicted octanol–water partition coefficient (Wildman–Crippen LogP) is 5.86. The van der Waals surface area contributed by atoms with E-state index in [1.165, 1.54) is 0 Å². The summed E-state index contributed by atoms with van der Waals surface area (Å²) in [5.41, 5.74) is 2.13. The van der Waals surface area contributed by atoms with Crippen molar-refractivity contribution >= 4 is 63.1 Å². The lowest BCUT2D eigenvalue weighted by atomic mass is 10.2. The van der Waals surface area contributed by atoms with Crippen molar-refractivity contribution in [3.05, 3.63) is 60.6 Å². The summed E-state index contributed by atoms with van der Waals surface area (Å²) < 4.78 is 1.08. The van der Waals surface area contributed by atoms with Gasteiger partial charge in [-0.15, -0.1) is 0 Å². The Hall–Kier alpha value is -0.160. The largest absolute Gasteiger partial charge is 0.380 e. The molecule has 2 rings (SSSR count). The number of halogens is 4. The van der Waals surface area contributed by atoms with Crippen molar-refractivity contribution in [2.75, 3.05) is 5.32 Å². The van der Waals surface area contributed by atoms with E-state index in [1.54, 1.807) is 6.07 Å². The Morgan fingerprint density at radius 1 is 0.944 bits per heavy atom. The van der Waals surface area contributed by atoms with Crippen molar-refractivity contribution in [2.45, 2.75) is 6.54 Å². The van der Waals surface area contributed by atoms with E-state index in [4.69, 9.17) is 34.8 Å². The molecule has 0 aliphatic carbocycles. The van der Waals surface area contributed by atoms with Gasteiger partial charge in [0.25, 0.3) is 0 Å². The molecular weight excluding hydrogens is 403 g/mol. The van der Waals surface area contributed by atoms with Crippen LogP contribution in [-0.2, 0) is 6.54 Å². The van der Waals surface area contributed by atoms with E-state index in [2.05, 4.69) is 27.9 Å². The molecule has 0 bridgehead atoms. The van der Waals surface area contributed by atoms with Gasteiger partial charge in [0.1, 0.15) is 0 Å². The second-order valence-electron chi connectivity index (χ2n) is 3.73. The van der Waals surface area contributed by atoms with E-state index >= 15 is 0 Å². The Morgan fingerprint density at radius 3 is 2.39 bits per heavy atom. The molecule has 0 spiro atoms. The molecule has 0 aromatic heterocycles. The van der Waals surface area contributed by atoms with E-state index in [0.29, 0.717) is 16.6 Å². The molecule has 0 saturated heterocycles. The molecule has 0 atom stereocenters. The van der Waals surface area contributed by atoms with Crippen LogP contribution in [0, 0.1) is 3.57 Å². The van der Waals surface area contributed by atoms with Gasteiger partial charge in [0, 0.05) is 20.8 Å². The van der Waals surface area contributed by atoms with Crippen LogP contribution in [0.25, 0.3) is 0 Å². The summed E-state index contributed by atoms with van der Waals surface area (Å²) in [6.45, 7) is 0.689. The molecule has 0 unspecified atom stereocenters. The lowest BCUT2D eigenvalue weighted by molar-refractivity contribution is 1.15. The van der Waals surface area contributed by atoms with E-state index in [1.807, 2.05) is 30.3 Å². The van der Waals surface area contributed by atoms with Gasteiger partial charge in [-0.2, -0.15) is 0 Å². The van der Waals surface area contributed by atoms with E-state index in [0.717, 1.165) is 19.8 Å². The lowest BCUT2D eigenvalue weighted by Gasteiger charge is -2.09. The van der Waals surface area contributed by atoms with Crippen molar-refractivity contribution in [3.8, 4) is 0 Å². The van der Waals surface area contributed by atoms with Crippen LogP contribution in [0.5, 0.6) is 0 Å². The second-order valence-corrected chi connectivity index (χ2v) is 6.14. The first-order chi connectivity index (χ1) is 8.56. The third kappa shape index (κ3) is 3.67. The fourth-order valence-electron chi connectivity index (χ4n) is 1.48.